The van der Waals surface area contributed by atoms with E-state index in [-0.39, 0.29) is 0 Å². The lowest BCUT2D eigenvalue weighted by Gasteiger charge is -2.00. The zero-order chi connectivity index (χ0) is 8.39. The highest BCUT2D eigenvalue weighted by Gasteiger charge is 2.00. The van der Waals surface area contributed by atoms with Crippen molar-refractivity contribution in [3.63, 3.8) is 0 Å². The molecule has 1 heterocycles. The Morgan fingerprint density at radius 2 is 2.17 bits per heavy atom. The summed E-state index contributed by atoms with van der Waals surface area (Å²) < 4.78 is 0. The molecule has 0 amide bonds. The zero-order valence-electron chi connectivity index (χ0n) is 7.33. The predicted octanol–water partition coefficient (Wildman–Crippen LogP) is 1.07. The van der Waals surface area contributed by atoms with E-state index in [0.29, 0.717) is 0 Å². The van der Waals surface area contributed by atoms with Crippen LogP contribution in [0.25, 0.3) is 12.2 Å². The lowest BCUT2D eigenvalue weighted by Crippen LogP contribution is -2.26. The van der Waals surface area contributed by atoms with Gasteiger partial charge in [0, 0.05) is 6.20 Å². The van der Waals surface area contributed by atoms with E-state index < -0.39 is 0 Å². The number of nitrogens with zero attached hydrogens (tertiary/aromatic N) is 1. The van der Waals surface area contributed by atoms with Gasteiger partial charge in [0.05, 0.1) is 5.35 Å². The van der Waals surface area contributed by atoms with E-state index in [1.807, 2.05) is 12.3 Å². The average molecular weight is 159 g/mol. The summed E-state index contributed by atoms with van der Waals surface area (Å²) in [5, 5.41) is 2.45. The molecule has 0 bridgehead atoms. The summed E-state index contributed by atoms with van der Waals surface area (Å²) in [6, 6.07) is 4.13. The molecule has 1 aliphatic carbocycles. The zero-order valence-corrected chi connectivity index (χ0v) is 7.33. The highest BCUT2D eigenvalue weighted by Crippen LogP contribution is 2.09. The summed E-state index contributed by atoms with van der Waals surface area (Å²) in [5.41, 5.74) is 0. The van der Waals surface area contributed by atoms with Crippen molar-refractivity contribution >= 4 is 12.2 Å². The monoisotopic (exact) mass is 159 g/mol. The summed E-state index contributed by atoms with van der Waals surface area (Å²) in [4.78, 5) is 4.33. The Morgan fingerprint density at radius 3 is 3.08 bits per heavy atom. The van der Waals surface area contributed by atoms with Crippen LogP contribution in [0.1, 0.15) is 19.8 Å². The van der Waals surface area contributed by atoms with E-state index in [9.17, 15) is 0 Å². The van der Waals surface area contributed by atoms with Gasteiger partial charge in [-0.3, -0.25) is 4.98 Å². The molecule has 0 saturated carbocycles. The van der Waals surface area contributed by atoms with Crippen LogP contribution in [0.3, 0.4) is 0 Å². The molecule has 0 fully saturated rings. The molecule has 1 heteroatoms. The second-order valence-electron chi connectivity index (χ2n) is 3.46. The van der Waals surface area contributed by atoms with Gasteiger partial charge in [-0.2, -0.15) is 0 Å². The van der Waals surface area contributed by atoms with Crippen LogP contribution < -0.4 is 10.6 Å². The first-order chi connectivity index (χ1) is 5.86. The van der Waals surface area contributed by atoms with Gasteiger partial charge in [-0.25, -0.2) is 0 Å². The van der Waals surface area contributed by atoms with E-state index in [0.717, 1.165) is 17.7 Å². The van der Waals surface area contributed by atoms with Crippen LogP contribution in [0.2, 0.25) is 0 Å². The molecule has 1 unspecified atom stereocenters. The van der Waals surface area contributed by atoms with E-state index >= 15 is 0 Å². The summed E-state index contributed by atoms with van der Waals surface area (Å²) >= 11 is 0. The fourth-order valence-corrected chi connectivity index (χ4v) is 1.51. The first-order valence-corrected chi connectivity index (χ1v) is 4.47. The van der Waals surface area contributed by atoms with Crippen molar-refractivity contribution in [3.8, 4) is 0 Å². The average Bonchev–Trinajstić information content (AvgIpc) is 2.29. The molecular formula is C11H13N. The van der Waals surface area contributed by atoms with Gasteiger partial charge in [-0.05, 0) is 30.0 Å². The Balaban J connectivity index is 2.61. The van der Waals surface area contributed by atoms with E-state index in [1.165, 1.54) is 11.6 Å². The minimum absolute atomic E-state index is 0.763. The van der Waals surface area contributed by atoms with Crippen molar-refractivity contribution in [2.24, 2.45) is 5.92 Å². The molecule has 12 heavy (non-hydrogen) atoms. The van der Waals surface area contributed by atoms with Crippen molar-refractivity contribution in [3.05, 3.63) is 28.9 Å². The normalized spacial score (nSPS) is 21.6. The third-order valence-corrected chi connectivity index (χ3v) is 2.32. The summed E-state index contributed by atoms with van der Waals surface area (Å²) in [6.07, 6.45) is 8.72. The van der Waals surface area contributed by atoms with Crippen LogP contribution in [0.4, 0.5) is 0 Å². The van der Waals surface area contributed by atoms with Crippen LogP contribution in [-0.2, 0) is 0 Å². The minimum atomic E-state index is 0.763. The Hall–Kier alpha value is -1.11. The first kappa shape index (κ1) is 7.53. The summed E-state index contributed by atoms with van der Waals surface area (Å²) in [6.45, 7) is 2.28. The maximum atomic E-state index is 4.33. The molecule has 1 aromatic rings. The largest absolute Gasteiger partial charge is 0.257 e. The number of pyridine rings is 1. The molecule has 2 rings (SSSR count). The minimum Gasteiger partial charge on any atom is -0.257 e. The quantitative estimate of drug-likeness (QED) is 0.552. The molecule has 0 aliphatic heterocycles. The van der Waals surface area contributed by atoms with Gasteiger partial charge >= 0.3 is 0 Å². The van der Waals surface area contributed by atoms with Gasteiger partial charge in [0.2, 0.25) is 0 Å². The molecule has 1 nitrogen and oxygen atoms in total. The van der Waals surface area contributed by atoms with Crippen molar-refractivity contribution in [2.75, 3.05) is 0 Å². The molecule has 1 atom stereocenters. The Morgan fingerprint density at radius 1 is 1.33 bits per heavy atom. The maximum absolute atomic E-state index is 4.33. The molecule has 1 aromatic heterocycles. The number of hydrogen-bond donors (Lipinski definition) is 0. The molecule has 62 valence electrons. The fourth-order valence-electron chi connectivity index (χ4n) is 1.51. The van der Waals surface area contributed by atoms with Crippen LogP contribution >= 0.6 is 0 Å². The van der Waals surface area contributed by atoms with Gasteiger partial charge in [0.1, 0.15) is 0 Å². The first-order valence-electron chi connectivity index (χ1n) is 4.47. The van der Waals surface area contributed by atoms with E-state index in [1.54, 1.807) is 0 Å². The van der Waals surface area contributed by atoms with Gasteiger partial charge < -0.3 is 0 Å². The molecule has 0 radical (unpaired) electrons. The molecule has 0 saturated heterocycles. The Kier molecular flexibility index (Phi) is 1.94. The molecule has 0 aromatic carbocycles. The van der Waals surface area contributed by atoms with Crippen LogP contribution in [-0.4, -0.2) is 4.98 Å². The second kappa shape index (κ2) is 3.10. The maximum Gasteiger partial charge on any atom is 0.0659 e. The van der Waals surface area contributed by atoms with Gasteiger partial charge in [-0.1, -0.05) is 25.1 Å². The summed E-state index contributed by atoms with van der Waals surface area (Å²) in [5.74, 6) is 0.763. The van der Waals surface area contributed by atoms with Crippen molar-refractivity contribution < 1.29 is 0 Å². The van der Waals surface area contributed by atoms with Gasteiger partial charge in [0.15, 0.2) is 0 Å². The van der Waals surface area contributed by atoms with E-state index in [2.05, 4.69) is 30.1 Å². The molecule has 0 N–H and O–H groups in total. The van der Waals surface area contributed by atoms with Crippen LogP contribution in [0.15, 0.2) is 18.3 Å². The smallest absolute Gasteiger partial charge is 0.0659 e. The predicted molar refractivity (Wildman–Crippen MR) is 50.8 cm³/mol. The number of rotatable bonds is 0. The van der Waals surface area contributed by atoms with E-state index in [4.69, 9.17) is 0 Å². The number of hydrogen-bond acceptors (Lipinski definition) is 1. The second-order valence-corrected chi connectivity index (χ2v) is 3.46. The van der Waals surface area contributed by atoms with Crippen molar-refractivity contribution in [1.82, 2.24) is 4.98 Å². The third-order valence-electron chi connectivity index (χ3n) is 2.32. The van der Waals surface area contributed by atoms with Gasteiger partial charge in [-0.15, -0.1) is 0 Å². The van der Waals surface area contributed by atoms with Crippen LogP contribution in [0.5, 0.6) is 0 Å². The Bertz CT molecular complexity index is 341. The van der Waals surface area contributed by atoms with Crippen molar-refractivity contribution in [2.45, 2.75) is 19.8 Å². The lowest BCUT2D eigenvalue weighted by molar-refractivity contribution is 0.635. The Labute approximate surface area is 72.5 Å². The molecule has 0 spiro atoms. The summed E-state index contributed by atoms with van der Waals surface area (Å²) in [7, 11) is 0. The molecule has 1 aliphatic rings. The third kappa shape index (κ3) is 1.40. The highest BCUT2D eigenvalue weighted by molar-refractivity contribution is 5.32. The highest BCUT2D eigenvalue weighted by atomic mass is 14.6. The van der Waals surface area contributed by atoms with Gasteiger partial charge in [0.25, 0.3) is 0 Å². The topological polar surface area (TPSA) is 12.9 Å². The standard InChI is InChI=1S/C11H13N/c1-9-4-6-10-3-2-8-12-11(10)7-5-9/h2-3,6-9H,4-5H2,1H3. The van der Waals surface area contributed by atoms with Crippen LogP contribution in [0, 0.1) is 5.92 Å². The number of fused-ring (bicyclic) bond motifs is 1. The van der Waals surface area contributed by atoms with Crippen molar-refractivity contribution in [1.29, 1.82) is 0 Å². The fraction of sp³-hybridized carbons (Fsp3) is 0.364. The number of aromatic nitrogens is 1. The molecular weight excluding hydrogens is 146 g/mol. The lowest BCUT2D eigenvalue weighted by atomic mass is 10.1. The SMILES string of the molecule is CC1CC=c2cccnc2=CC1.